The Hall–Kier alpha value is -0.950. The van der Waals surface area contributed by atoms with Crippen LogP contribution in [0.5, 0.6) is 0 Å². The van der Waals surface area contributed by atoms with Gasteiger partial charge >= 0.3 is 6.18 Å². The minimum absolute atomic E-state index is 0.325. The highest BCUT2D eigenvalue weighted by Crippen LogP contribution is 2.31. The van der Waals surface area contributed by atoms with Crippen molar-refractivity contribution in [2.24, 2.45) is 0 Å². The first-order valence-corrected chi connectivity index (χ1v) is 4.36. The van der Waals surface area contributed by atoms with Crippen molar-refractivity contribution in [3.63, 3.8) is 0 Å². The summed E-state index contributed by atoms with van der Waals surface area (Å²) in [5.41, 5.74) is -1.48. The van der Waals surface area contributed by atoms with Gasteiger partial charge in [0, 0.05) is 4.90 Å². The van der Waals surface area contributed by atoms with E-state index in [-0.39, 0.29) is 0 Å². The summed E-state index contributed by atoms with van der Waals surface area (Å²) in [5, 5.41) is 0. The van der Waals surface area contributed by atoms with Gasteiger partial charge in [0.15, 0.2) is 0 Å². The van der Waals surface area contributed by atoms with E-state index < -0.39 is 33.5 Å². The summed E-state index contributed by atoms with van der Waals surface area (Å²) in [7, 11) is 0. The van der Waals surface area contributed by atoms with E-state index in [1.54, 1.807) is 0 Å². The van der Waals surface area contributed by atoms with Crippen molar-refractivity contribution in [1.82, 2.24) is 0 Å². The van der Waals surface area contributed by atoms with Crippen LogP contribution in [0.25, 0.3) is 0 Å². The number of halogens is 4. The molecule has 0 spiro atoms. The van der Waals surface area contributed by atoms with E-state index >= 15 is 0 Å². The zero-order chi connectivity index (χ0) is 10.9. The van der Waals surface area contributed by atoms with Crippen molar-refractivity contribution in [2.45, 2.75) is 11.1 Å². The molecule has 0 saturated carbocycles. The molecular weight excluding hydrogens is 224 g/mol. The zero-order valence-corrected chi connectivity index (χ0v) is 7.29. The Balaban J connectivity index is 3.21. The summed E-state index contributed by atoms with van der Waals surface area (Å²) >= 11 is -2.73. The number of hydrogen-bond donors (Lipinski definition) is 0. The molecule has 0 aromatic heterocycles. The monoisotopic (exact) mass is 227 g/mol. The van der Waals surface area contributed by atoms with Crippen molar-refractivity contribution in [1.29, 1.82) is 0 Å². The van der Waals surface area contributed by atoms with Crippen molar-refractivity contribution < 1.29 is 26.3 Å². The van der Waals surface area contributed by atoms with Crippen LogP contribution in [0.2, 0.25) is 0 Å². The van der Waals surface area contributed by atoms with Crippen LogP contribution >= 0.6 is 0 Å². The quantitative estimate of drug-likeness (QED) is 0.544. The summed E-state index contributed by atoms with van der Waals surface area (Å²) in [6.07, 6.45) is -4.81. The molecule has 14 heavy (non-hydrogen) atoms. The van der Waals surface area contributed by atoms with Crippen LogP contribution in [0, 0.1) is 5.82 Å². The minimum atomic E-state index is -4.81. The molecule has 0 saturated heterocycles. The van der Waals surface area contributed by atoms with Crippen LogP contribution in [0.3, 0.4) is 0 Å². The van der Waals surface area contributed by atoms with Gasteiger partial charge in [-0.25, -0.2) is 4.39 Å². The van der Waals surface area contributed by atoms with Gasteiger partial charge in [-0.3, -0.25) is 4.21 Å². The molecule has 0 heterocycles. The molecule has 1 unspecified atom stereocenters. The molecule has 1 atom stereocenters. The molecule has 1 aromatic carbocycles. The van der Waals surface area contributed by atoms with Gasteiger partial charge in [0.25, 0.3) is 0 Å². The second kappa shape index (κ2) is 3.66. The zero-order valence-electron chi connectivity index (χ0n) is 6.47. The van der Waals surface area contributed by atoms with Crippen molar-refractivity contribution in [2.75, 3.05) is 0 Å². The van der Waals surface area contributed by atoms with Crippen molar-refractivity contribution >= 4 is 11.1 Å². The second-order valence-corrected chi connectivity index (χ2v) is 3.31. The molecular formula is C7H3F4O2S-. The van der Waals surface area contributed by atoms with Gasteiger partial charge in [0.05, 0.1) is 5.56 Å². The smallest absolute Gasteiger partial charge is 0.419 e. The predicted molar refractivity (Wildman–Crippen MR) is 38.6 cm³/mol. The Labute approximate surface area is 78.8 Å². The first-order chi connectivity index (χ1) is 6.32. The lowest BCUT2D eigenvalue weighted by molar-refractivity contribution is -0.140. The molecule has 0 N–H and O–H groups in total. The molecule has 0 aliphatic carbocycles. The molecule has 0 fully saturated rings. The van der Waals surface area contributed by atoms with E-state index in [0.29, 0.717) is 18.2 Å². The molecule has 2 nitrogen and oxygen atoms in total. The Bertz CT molecular complexity index is 374. The highest BCUT2D eigenvalue weighted by Gasteiger charge is 2.33. The highest BCUT2D eigenvalue weighted by atomic mass is 32.2. The molecule has 0 amide bonds. The van der Waals surface area contributed by atoms with Gasteiger partial charge in [-0.2, -0.15) is 13.2 Å². The van der Waals surface area contributed by atoms with Crippen LogP contribution in [0.15, 0.2) is 23.1 Å². The molecule has 0 aliphatic rings. The summed E-state index contributed by atoms with van der Waals surface area (Å²) in [6, 6.07) is 1.40. The lowest BCUT2D eigenvalue weighted by Crippen LogP contribution is -2.08. The maximum absolute atomic E-state index is 12.7. The molecule has 0 aliphatic heterocycles. The average Bonchev–Trinajstić information content (AvgIpc) is 2.01. The Morgan fingerprint density at radius 3 is 2.21 bits per heavy atom. The fourth-order valence-electron chi connectivity index (χ4n) is 0.829. The van der Waals surface area contributed by atoms with Gasteiger partial charge in [-0.15, -0.1) is 0 Å². The minimum Gasteiger partial charge on any atom is -0.768 e. The molecule has 1 aromatic rings. The summed E-state index contributed by atoms with van der Waals surface area (Å²) < 4.78 is 69.2. The third-order valence-electron chi connectivity index (χ3n) is 1.44. The van der Waals surface area contributed by atoms with Crippen LogP contribution < -0.4 is 0 Å². The lowest BCUT2D eigenvalue weighted by Gasteiger charge is -2.10. The molecule has 0 radical (unpaired) electrons. The third-order valence-corrected chi connectivity index (χ3v) is 2.08. The SMILES string of the molecule is O=S([O-])c1ccc(C(F)(F)F)c(F)c1. The molecule has 78 valence electrons. The standard InChI is InChI=1S/C7H4F4O2S/c8-6-3-4(14(12)13)1-2-5(6)7(9,10)11/h1-3H,(H,12,13)/p-1. The number of alkyl halides is 3. The van der Waals surface area contributed by atoms with E-state index in [9.17, 15) is 26.3 Å². The van der Waals surface area contributed by atoms with E-state index in [1.807, 2.05) is 0 Å². The van der Waals surface area contributed by atoms with Gasteiger partial charge in [0.2, 0.25) is 0 Å². The largest absolute Gasteiger partial charge is 0.768 e. The Morgan fingerprint density at radius 2 is 1.86 bits per heavy atom. The summed E-state index contributed by atoms with van der Waals surface area (Å²) in [4.78, 5) is -0.518. The van der Waals surface area contributed by atoms with Gasteiger partial charge in [-0.05, 0) is 29.3 Å². The number of rotatable bonds is 1. The molecule has 7 heteroatoms. The summed E-state index contributed by atoms with van der Waals surface area (Å²) in [5.74, 6) is -1.60. The number of benzene rings is 1. The van der Waals surface area contributed by atoms with Crippen molar-refractivity contribution in [3.8, 4) is 0 Å². The van der Waals surface area contributed by atoms with Gasteiger partial charge < -0.3 is 4.55 Å². The highest BCUT2D eigenvalue weighted by molar-refractivity contribution is 7.79. The Kier molecular flexibility index (Phi) is 2.91. The maximum Gasteiger partial charge on any atom is 0.419 e. The van der Waals surface area contributed by atoms with E-state index in [2.05, 4.69) is 0 Å². The van der Waals surface area contributed by atoms with Gasteiger partial charge in [0.1, 0.15) is 5.82 Å². The molecule has 1 rings (SSSR count). The van der Waals surface area contributed by atoms with Gasteiger partial charge in [-0.1, -0.05) is 0 Å². The first-order valence-electron chi connectivity index (χ1n) is 3.28. The fourth-order valence-corrected chi connectivity index (χ4v) is 1.21. The topological polar surface area (TPSA) is 40.1 Å². The first kappa shape index (κ1) is 11.1. The summed E-state index contributed by atoms with van der Waals surface area (Å²) in [6.45, 7) is 0. The Morgan fingerprint density at radius 1 is 1.29 bits per heavy atom. The molecule has 0 bridgehead atoms. The van der Waals surface area contributed by atoms with Crippen LogP contribution in [-0.4, -0.2) is 8.76 Å². The van der Waals surface area contributed by atoms with E-state index in [1.165, 1.54) is 0 Å². The van der Waals surface area contributed by atoms with E-state index in [4.69, 9.17) is 0 Å². The predicted octanol–water partition coefficient (Wildman–Crippen LogP) is 2.08. The second-order valence-electron chi connectivity index (χ2n) is 2.37. The van der Waals surface area contributed by atoms with E-state index in [0.717, 1.165) is 0 Å². The van der Waals surface area contributed by atoms with Crippen LogP contribution in [0.4, 0.5) is 17.6 Å². The van der Waals surface area contributed by atoms with Crippen LogP contribution in [-0.2, 0) is 17.3 Å². The van der Waals surface area contributed by atoms with Crippen molar-refractivity contribution in [3.05, 3.63) is 29.6 Å². The fraction of sp³-hybridized carbons (Fsp3) is 0.143. The normalized spacial score (nSPS) is 14.1. The lowest BCUT2D eigenvalue weighted by atomic mass is 10.2. The van der Waals surface area contributed by atoms with Crippen LogP contribution in [0.1, 0.15) is 5.56 Å². The maximum atomic E-state index is 12.7. The average molecular weight is 227 g/mol. The number of hydrogen-bond acceptors (Lipinski definition) is 2. The third kappa shape index (κ3) is 2.30.